The van der Waals surface area contributed by atoms with E-state index < -0.39 is 11.7 Å². The number of hydrogen-bond acceptors (Lipinski definition) is 3. The van der Waals surface area contributed by atoms with Crippen LogP contribution in [0.25, 0.3) is 5.69 Å². The lowest BCUT2D eigenvalue weighted by molar-refractivity contribution is -0.137. The highest BCUT2D eigenvalue weighted by molar-refractivity contribution is 5.38. The molecule has 0 bridgehead atoms. The zero-order valence-corrected chi connectivity index (χ0v) is 11.4. The number of rotatable bonds is 3. The topological polar surface area (TPSA) is 42.7 Å². The Hall–Kier alpha value is -1.89. The minimum atomic E-state index is -4.37. The number of aromatic nitrogens is 3. The number of hydrogen-bond donors (Lipinski definition) is 1. The van der Waals surface area contributed by atoms with Gasteiger partial charge in [0.05, 0.1) is 23.0 Å². The maximum Gasteiger partial charge on any atom is 0.416 e. The molecule has 0 radical (unpaired) electrons. The summed E-state index contributed by atoms with van der Waals surface area (Å²) in [5, 5.41) is 11.0. The molecule has 0 fully saturated rings. The van der Waals surface area contributed by atoms with E-state index in [2.05, 4.69) is 15.6 Å². The number of nitrogens with one attached hydrogen (secondary N) is 1. The summed E-state index contributed by atoms with van der Waals surface area (Å²) < 4.78 is 39.6. The van der Waals surface area contributed by atoms with Gasteiger partial charge >= 0.3 is 6.18 Å². The lowest BCUT2D eigenvalue weighted by Crippen LogP contribution is -2.14. The van der Waals surface area contributed by atoms with E-state index >= 15 is 0 Å². The predicted molar refractivity (Wildman–Crippen MR) is 68.6 cm³/mol. The summed E-state index contributed by atoms with van der Waals surface area (Å²) in [6.07, 6.45) is -4.37. The van der Waals surface area contributed by atoms with Crippen LogP contribution >= 0.6 is 0 Å². The van der Waals surface area contributed by atoms with E-state index in [-0.39, 0.29) is 6.04 Å². The average Bonchev–Trinajstić information content (AvgIpc) is 2.79. The minimum absolute atomic E-state index is 0.0189. The summed E-state index contributed by atoms with van der Waals surface area (Å²) in [4.78, 5) is 0. The maximum absolute atomic E-state index is 12.7. The van der Waals surface area contributed by atoms with E-state index in [1.165, 1.54) is 10.7 Å². The first-order valence-corrected chi connectivity index (χ1v) is 6.11. The molecule has 20 heavy (non-hydrogen) atoms. The summed E-state index contributed by atoms with van der Waals surface area (Å²) in [6, 6.07) is 5.02. The van der Waals surface area contributed by atoms with Crippen molar-refractivity contribution in [3.63, 3.8) is 0 Å². The number of nitrogens with zero attached hydrogens (tertiary/aromatic N) is 3. The molecular formula is C13H15F3N4. The van der Waals surface area contributed by atoms with Crippen molar-refractivity contribution in [3.8, 4) is 5.69 Å². The van der Waals surface area contributed by atoms with Crippen molar-refractivity contribution >= 4 is 0 Å². The van der Waals surface area contributed by atoms with Crippen molar-refractivity contribution in [2.75, 3.05) is 7.05 Å². The van der Waals surface area contributed by atoms with Crippen molar-refractivity contribution in [2.24, 2.45) is 0 Å². The molecule has 0 saturated carbocycles. The Morgan fingerprint density at radius 2 is 2.00 bits per heavy atom. The number of alkyl halides is 3. The molecule has 0 aliphatic carbocycles. The van der Waals surface area contributed by atoms with Crippen molar-refractivity contribution in [3.05, 3.63) is 41.2 Å². The summed E-state index contributed by atoms with van der Waals surface area (Å²) in [5.41, 5.74) is 1.07. The second kappa shape index (κ2) is 5.24. The molecule has 1 N–H and O–H groups in total. The smallest absolute Gasteiger partial charge is 0.312 e. The average molecular weight is 284 g/mol. The third-order valence-corrected chi connectivity index (χ3v) is 3.19. The Kier molecular flexibility index (Phi) is 3.80. The molecule has 108 valence electrons. The van der Waals surface area contributed by atoms with Gasteiger partial charge in [-0.15, -0.1) is 5.10 Å². The van der Waals surface area contributed by atoms with Crippen LogP contribution in [0.4, 0.5) is 13.2 Å². The zero-order valence-electron chi connectivity index (χ0n) is 11.4. The Morgan fingerprint density at radius 1 is 1.30 bits per heavy atom. The molecule has 0 saturated heterocycles. The first-order chi connectivity index (χ1) is 9.34. The quantitative estimate of drug-likeness (QED) is 0.942. The fourth-order valence-electron chi connectivity index (χ4n) is 1.94. The first-order valence-electron chi connectivity index (χ1n) is 6.11. The van der Waals surface area contributed by atoms with Crippen LogP contribution in [0, 0.1) is 6.92 Å². The van der Waals surface area contributed by atoms with E-state index in [0.29, 0.717) is 17.1 Å². The van der Waals surface area contributed by atoms with Crippen molar-refractivity contribution in [1.82, 2.24) is 20.3 Å². The van der Waals surface area contributed by atoms with Crippen LogP contribution in [0.1, 0.15) is 29.9 Å². The van der Waals surface area contributed by atoms with Gasteiger partial charge in [0.1, 0.15) is 5.69 Å². The third kappa shape index (κ3) is 2.67. The summed E-state index contributed by atoms with van der Waals surface area (Å²) in [7, 11) is 1.79. The fourth-order valence-corrected chi connectivity index (χ4v) is 1.94. The van der Waals surface area contributed by atoms with Gasteiger partial charge in [-0.2, -0.15) is 13.2 Å². The van der Waals surface area contributed by atoms with Crippen LogP contribution in [-0.2, 0) is 6.18 Å². The standard InChI is InChI=1S/C13H15F3N4/c1-8(17-3)12-9(2)20(19-18-12)11-6-4-5-10(7-11)13(14,15)16/h4-8,17H,1-3H3. The molecule has 0 amide bonds. The van der Waals surface area contributed by atoms with Crippen molar-refractivity contribution in [2.45, 2.75) is 26.1 Å². The molecule has 0 aliphatic rings. The Labute approximate surface area is 114 Å². The largest absolute Gasteiger partial charge is 0.416 e. The van der Waals surface area contributed by atoms with Crippen LogP contribution in [0.3, 0.4) is 0 Å². The van der Waals surface area contributed by atoms with Gasteiger partial charge in [0.2, 0.25) is 0 Å². The van der Waals surface area contributed by atoms with Gasteiger partial charge in [-0.05, 0) is 39.1 Å². The molecule has 0 spiro atoms. The van der Waals surface area contributed by atoms with Gasteiger partial charge in [0, 0.05) is 0 Å². The van der Waals surface area contributed by atoms with Gasteiger partial charge in [-0.1, -0.05) is 11.3 Å². The van der Waals surface area contributed by atoms with Crippen molar-refractivity contribution < 1.29 is 13.2 Å². The van der Waals surface area contributed by atoms with E-state index in [0.717, 1.165) is 12.1 Å². The molecule has 1 aromatic heterocycles. The molecule has 2 rings (SSSR count). The Morgan fingerprint density at radius 3 is 2.60 bits per heavy atom. The fraction of sp³-hybridized carbons (Fsp3) is 0.385. The van der Waals surface area contributed by atoms with Crippen LogP contribution in [0.15, 0.2) is 24.3 Å². The van der Waals surface area contributed by atoms with Crippen LogP contribution < -0.4 is 5.32 Å². The maximum atomic E-state index is 12.7. The predicted octanol–water partition coefficient (Wildman–Crippen LogP) is 2.87. The molecule has 2 aromatic rings. The second-order valence-electron chi connectivity index (χ2n) is 4.53. The Bertz CT molecular complexity index is 604. The van der Waals surface area contributed by atoms with Gasteiger partial charge in [-0.3, -0.25) is 0 Å². The zero-order chi connectivity index (χ0) is 14.9. The first kappa shape index (κ1) is 14.5. The van der Waals surface area contributed by atoms with E-state index in [1.807, 2.05) is 6.92 Å². The highest BCUT2D eigenvalue weighted by Gasteiger charge is 2.30. The second-order valence-corrected chi connectivity index (χ2v) is 4.53. The highest BCUT2D eigenvalue weighted by atomic mass is 19.4. The summed E-state index contributed by atoms with van der Waals surface area (Å²) in [5.74, 6) is 0. The molecule has 7 heteroatoms. The minimum Gasteiger partial charge on any atom is -0.312 e. The summed E-state index contributed by atoms with van der Waals surface area (Å²) in [6.45, 7) is 3.69. The normalized spacial score (nSPS) is 13.5. The molecule has 1 unspecified atom stereocenters. The lowest BCUT2D eigenvalue weighted by atomic mass is 10.1. The molecular weight excluding hydrogens is 269 g/mol. The Balaban J connectivity index is 2.45. The van der Waals surface area contributed by atoms with E-state index in [4.69, 9.17) is 0 Å². The number of benzene rings is 1. The molecule has 4 nitrogen and oxygen atoms in total. The summed E-state index contributed by atoms with van der Waals surface area (Å²) >= 11 is 0. The van der Waals surface area contributed by atoms with E-state index in [1.54, 1.807) is 20.0 Å². The van der Waals surface area contributed by atoms with Gasteiger partial charge in [0.25, 0.3) is 0 Å². The monoisotopic (exact) mass is 284 g/mol. The molecule has 0 aliphatic heterocycles. The van der Waals surface area contributed by atoms with Gasteiger partial charge < -0.3 is 5.32 Å². The van der Waals surface area contributed by atoms with Gasteiger partial charge in [0.15, 0.2) is 0 Å². The van der Waals surface area contributed by atoms with Crippen LogP contribution in [0.2, 0.25) is 0 Å². The third-order valence-electron chi connectivity index (χ3n) is 3.19. The van der Waals surface area contributed by atoms with Crippen LogP contribution in [-0.4, -0.2) is 22.0 Å². The van der Waals surface area contributed by atoms with E-state index in [9.17, 15) is 13.2 Å². The molecule has 1 atom stereocenters. The van der Waals surface area contributed by atoms with Crippen molar-refractivity contribution in [1.29, 1.82) is 0 Å². The number of halogens is 3. The SMILES string of the molecule is CNC(C)c1nnn(-c2cccc(C(F)(F)F)c2)c1C. The highest BCUT2D eigenvalue weighted by Crippen LogP contribution is 2.30. The van der Waals surface area contributed by atoms with Gasteiger partial charge in [-0.25, -0.2) is 4.68 Å². The lowest BCUT2D eigenvalue weighted by Gasteiger charge is -2.10. The molecule has 1 heterocycles. The molecule has 1 aromatic carbocycles. The van der Waals surface area contributed by atoms with Crippen LogP contribution in [0.5, 0.6) is 0 Å².